The zero-order chi connectivity index (χ0) is 16.7. The van der Waals surface area contributed by atoms with E-state index >= 15 is 0 Å². The molecule has 1 aromatic carbocycles. The lowest BCUT2D eigenvalue weighted by Gasteiger charge is -2.35. The number of carbonyl (C=O) groups excluding carboxylic acids is 2. The monoisotopic (exact) mass is 318 g/mol. The highest BCUT2D eigenvalue weighted by Gasteiger charge is 2.25. The summed E-state index contributed by atoms with van der Waals surface area (Å²) in [4.78, 5) is 26.2. The molecule has 0 aliphatic carbocycles. The first-order chi connectivity index (χ1) is 11.1. The fraction of sp³-hybridized carbons (Fsp3) is 0.556. The van der Waals surface area contributed by atoms with Crippen molar-refractivity contribution in [2.45, 2.75) is 45.1 Å². The van der Waals surface area contributed by atoms with Crippen molar-refractivity contribution in [2.24, 2.45) is 0 Å². The quantitative estimate of drug-likeness (QED) is 0.792. The third-order valence-corrected chi connectivity index (χ3v) is 4.35. The number of likely N-dealkylation sites (tertiary alicyclic amines) is 1. The van der Waals surface area contributed by atoms with E-state index in [0.29, 0.717) is 24.9 Å². The predicted octanol–water partition coefficient (Wildman–Crippen LogP) is 2.51. The third-order valence-electron chi connectivity index (χ3n) is 4.35. The van der Waals surface area contributed by atoms with Crippen molar-refractivity contribution in [3.05, 3.63) is 35.4 Å². The lowest BCUT2D eigenvalue weighted by atomic mass is 10.0. The smallest absolute Gasteiger partial charge is 0.317 e. The summed E-state index contributed by atoms with van der Waals surface area (Å²) in [5.41, 5.74) is 1.80. The summed E-state index contributed by atoms with van der Waals surface area (Å²) >= 11 is 0. The van der Waals surface area contributed by atoms with Crippen molar-refractivity contribution >= 4 is 11.8 Å². The Labute approximate surface area is 137 Å². The highest BCUT2D eigenvalue weighted by atomic mass is 16.3. The summed E-state index contributed by atoms with van der Waals surface area (Å²) in [5.74, 6) is 0.0378. The molecule has 5 heteroatoms. The van der Waals surface area contributed by atoms with Crippen LogP contribution in [0.25, 0.3) is 0 Å². The van der Waals surface area contributed by atoms with E-state index < -0.39 is 0 Å². The van der Waals surface area contributed by atoms with Gasteiger partial charge in [0.05, 0.1) is 0 Å². The molecule has 5 nitrogen and oxygen atoms in total. The largest absolute Gasteiger partial charge is 0.396 e. The van der Waals surface area contributed by atoms with Gasteiger partial charge >= 0.3 is 6.03 Å². The predicted molar refractivity (Wildman–Crippen MR) is 89.6 cm³/mol. The molecule has 0 radical (unpaired) electrons. The molecule has 0 spiro atoms. The van der Waals surface area contributed by atoms with Gasteiger partial charge in [-0.3, -0.25) is 4.79 Å². The number of aliphatic hydroxyl groups is 1. The van der Waals surface area contributed by atoms with Crippen LogP contribution in [0.1, 0.15) is 48.0 Å². The summed E-state index contributed by atoms with van der Waals surface area (Å²) in [6.45, 7) is 3.15. The number of hydrogen-bond donors (Lipinski definition) is 2. The van der Waals surface area contributed by atoms with Crippen LogP contribution in [0.5, 0.6) is 0 Å². The average Bonchev–Trinajstić information content (AvgIpc) is 2.56. The van der Waals surface area contributed by atoms with E-state index in [1.807, 2.05) is 31.2 Å². The molecule has 2 rings (SSSR count). The van der Waals surface area contributed by atoms with Gasteiger partial charge < -0.3 is 15.3 Å². The fourth-order valence-corrected chi connectivity index (χ4v) is 2.99. The van der Waals surface area contributed by atoms with Crippen LogP contribution >= 0.6 is 0 Å². The van der Waals surface area contributed by atoms with Crippen LogP contribution < -0.4 is 5.32 Å². The SMILES string of the molecule is Cc1ccc(C(=O)CCNC(=O)N2CCCCC2CCO)cc1. The molecule has 126 valence electrons. The number of urea groups is 1. The first-order valence-corrected chi connectivity index (χ1v) is 8.37. The minimum absolute atomic E-state index is 0.0378. The van der Waals surface area contributed by atoms with Gasteiger partial charge in [-0.15, -0.1) is 0 Å². The normalized spacial score (nSPS) is 17.8. The van der Waals surface area contributed by atoms with Crippen molar-refractivity contribution in [1.29, 1.82) is 0 Å². The number of amides is 2. The number of carbonyl (C=O) groups is 2. The Morgan fingerprint density at radius 3 is 2.70 bits per heavy atom. The van der Waals surface area contributed by atoms with Gasteiger partial charge in [0.25, 0.3) is 0 Å². The summed E-state index contributed by atoms with van der Waals surface area (Å²) < 4.78 is 0. The first-order valence-electron chi connectivity index (χ1n) is 8.37. The molecule has 2 amide bonds. The number of piperidine rings is 1. The lowest BCUT2D eigenvalue weighted by Crippen LogP contribution is -2.49. The second-order valence-corrected chi connectivity index (χ2v) is 6.13. The van der Waals surface area contributed by atoms with E-state index in [9.17, 15) is 9.59 Å². The van der Waals surface area contributed by atoms with Gasteiger partial charge in [0.2, 0.25) is 0 Å². The zero-order valence-electron chi connectivity index (χ0n) is 13.8. The molecule has 0 bridgehead atoms. The Morgan fingerprint density at radius 2 is 2.00 bits per heavy atom. The number of hydrogen-bond acceptors (Lipinski definition) is 3. The number of Topliss-reactive ketones (excluding diaryl/α,β-unsaturated/α-hetero) is 1. The second-order valence-electron chi connectivity index (χ2n) is 6.13. The van der Waals surface area contributed by atoms with Crippen LogP contribution in [-0.4, -0.2) is 47.6 Å². The number of benzene rings is 1. The van der Waals surface area contributed by atoms with E-state index in [2.05, 4.69) is 5.32 Å². The molecular weight excluding hydrogens is 292 g/mol. The molecular formula is C18H26N2O3. The number of ketones is 1. The highest BCUT2D eigenvalue weighted by molar-refractivity contribution is 5.96. The Morgan fingerprint density at radius 1 is 1.26 bits per heavy atom. The van der Waals surface area contributed by atoms with Crippen LogP contribution in [0.4, 0.5) is 4.79 Å². The molecule has 1 fully saturated rings. The van der Waals surface area contributed by atoms with Gasteiger partial charge in [-0.25, -0.2) is 4.79 Å². The van der Waals surface area contributed by atoms with E-state index in [1.165, 1.54) is 0 Å². The molecule has 1 saturated heterocycles. The van der Waals surface area contributed by atoms with Gasteiger partial charge in [0.1, 0.15) is 0 Å². The molecule has 1 aromatic rings. The average molecular weight is 318 g/mol. The van der Waals surface area contributed by atoms with Crippen LogP contribution in [0.2, 0.25) is 0 Å². The summed E-state index contributed by atoms with van der Waals surface area (Å²) in [6.07, 6.45) is 3.96. The molecule has 1 aliphatic heterocycles. The van der Waals surface area contributed by atoms with Crippen molar-refractivity contribution < 1.29 is 14.7 Å². The van der Waals surface area contributed by atoms with Crippen molar-refractivity contribution in [1.82, 2.24) is 10.2 Å². The van der Waals surface area contributed by atoms with Crippen LogP contribution in [0.3, 0.4) is 0 Å². The molecule has 0 saturated carbocycles. The van der Waals surface area contributed by atoms with Crippen LogP contribution in [0, 0.1) is 6.92 Å². The fourth-order valence-electron chi connectivity index (χ4n) is 2.99. The van der Waals surface area contributed by atoms with Crippen molar-refractivity contribution in [2.75, 3.05) is 19.7 Å². The van der Waals surface area contributed by atoms with Gasteiger partial charge in [-0.05, 0) is 32.6 Å². The summed E-state index contributed by atoms with van der Waals surface area (Å²) in [6, 6.07) is 7.46. The first kappa shape index (κ1) is 17.5. The number of nitrogens with zero attached hydrogens (tertiary/aromatic N) is 1. The number of aliphatic hydroxyl groups excluding tert-OH is 1. The molecule has 1 heterocycles. The molecule has 1 atom stereocenters. The summed E-state index contributed by atoms with van der Waals surface area (Å²) in [5, 5.41) is 11.9. The Hall–Kier alpha value is -1.88. The zero-order valence-corrected chi connectivity index (χ0v) is 13.8. The Balaban J connectivity index is 1.79. The standard InChI is InChI=1S/C18H26N2O3/c1-14-5-7-15(8-6-14)17(22)9-11-19-18(23)20-12-3-2-4-16(20)10-13-21/h5-8,16,21H,2-4,9-13H2,1H3,(H,19,23). The number of rotatable bonds is 6. The molecule has 2 N–H and O–H groups in total. The summed E-state index contributed by atoms with van der Waals surface area (Å²) in [7, 11) is 0. The minimum atomic E-state index is -0.125. The lowest BCUT2D eigenvalue weighted by molar-refractivity contribution is 0.0981. The second kappa shape index (κ2) is 8.67. The molecule has 0 aromatic heterocycles. The van der Waals surface area contributed by atoms with Crippen molar-refractivity contribution in [3.63, 3.8) is 0 Å². The molecule has 23 heavy (non-hydrogen) atoms. The maximum Gasteiger partial charge on any atom is 0.317 e. The maximum absolute atomic E-state index is 12.3. The number of aryl methyl sites for hydroxylation is 1. The Bertz CT molecular complexity index is 526. The van der Waals surface area contributed by atoms with Gasteiger partial charge in [0, 0.05) is 37.7 Å². The minimum Gasteiger partial charge on any atom is -0.396 e. The van der Waals surface area contributed by atoms with E-state index in [1.54, 1.807) is 4.90 Å². The van der Waals surface area contributed by atoms with Gasteiger partial charge in [-0.1, -0.05) is 29.8 Å². The molecule has 1 aliphatic rings. The van der Waals surface area contributed by atoms with Crippen LogP contribution in [0.15, 0.2) is 24.3 Å². The third kappa shape index (κ3) is 5.06. The van der Waals surface area contributed by atoms with Crippen molar-refractivity contribution in [3.8, 4) is 0 Å². The van der Waals surface area contributed by atoms with Crippen LogP contribution in [-0.2, 0) is 0 Å². The maximum atomic E-state index is 12.3. The van der Waals surface area contributed by atoms with E-state index in [-0.39, 0.29) is 24.5 Å². The van der Waals surface area contributed by atoms with E-state index in [4.69, 9.17) is 5.11 Å². The topological polar surface area (TPSA) is 69.6 Å². The molecule has 1 unspecified atom stereocenters. The highest BCUT2D eigenvalue weighted by Crippen LogP contribution is 2.19. The van der Waals surface area contributed by atoms with Gasteiger partial charge in [-0.2, -0.15) is 0 Å². The number of nitrogens with one attached hydrogen (secondary N) is 1. The van der Waals surface area contributed by atoms with Gasteiger partial charge in [0.15, 0.2) is 5.78 Å². The van der Waals surface area contributed by atoms with E-state index in [0.717, 1.165) is 31.4 Å². The Kier molecular flexibility index (Phi) is 6.59.